The van der Waals surface area contributed by atoms with Crippen molar-refractivity contribution in [2.24, 2.45) is 0 Å². The molecular weight excluding hydrogens is 194 g/mol. The normalized spacial score (nSPS) is 15.7. The van der Waals surface area contributed by atoms with E-state index < -0.39 is 0 Å². The minimum atomic E-state index is -0.382. The highest BCUT2D eigenvalue weighted by Gasteiger charge is 2.15. The van der Waals surface area contributed by atoms with Gasteiger partial charge in [-0.25, -0.2) is 4.79 Å². The first kappa shape index (κ1) is 11.6. The fourth-order valence-electron chi connectivity index (χ4n) is 1.50. The molecule has 0 fully saturated rings. The molecule has 0 saturated carbocycles. The van der Waals surface area contributed by atoms with Gasteiger partial charge in [0.1, 0.15) is 5.76 Å². The third kappa shape index (κ3) is 3.62. The highest BCUT2D eigenvalue weighted by atomic mass is 16.6. The molecule has 82 valence electrons. The van der Waals surface area contributed by atoms with E-state index in [0.29, 0.717) is 17.9 Å². The fraction of sp³-hybridized carbons (Fsp3) is 0.636. The van der Waals surface area contributed by atoms with E-state index in [4.69, 9.17) is 14.7 Å². The van der Waals surface area contributed by atoms with E-state index in [1.165, 1.54) is 0 Å². The number of carbonyl (C=O) groups is 1. The van der Waals surface area contributed by atoms with Gasteiger partial charge in [0.25, 0.3) is 0 Å². The summed E-state index contributed by atoms with van der Waals surface area (Å²) in [6, 6.07) is 2.11. The van der Waals surface area contributed by atoms with Gasteiger partial charge in [-0.2, -0.15) is 5.26 Å². The predicted molar refractivity (Wildman–Crippen MR) is 53.7 cm³/mol. The van der Waals surface area contributed by atoms with Crippen LogP contribution in [0.25, 0.3) is 0 Å². The molecule has 0 aromatic rings. The maximum absolute atomic E-state index is 11.0. The second-order valence-electron chi connectivity index (χ2n) is 3.31. The fourth-order valence-corrected chi connectivity index (χ4v) is 1.50. The molecule has 4 nitrogen and oxygen atoms in total. The summed E-state index contributed by atoms with van der Waals surface area (Å²) in [5.74, 6) is 0.282. The molecule has 0 unspecified atom stereocenters. The van der Waals surface area contributed by atoms with Crippen molar-refractivity contribution >= 4 is 5.97 Å². The first-order valence-electron chi connectivity index (χ1n) is 5.18. The van der Waals surface area contributed by atoms with Crippen molar-refractivity contribution in [1.29, 1.82) is 5.26 Å². The monoisotopic (exact) mass is 209 g/mol. The molecule has 0 radical (unpaired) electrons. The third-order valence-electron chi connectivity index (χ3n) is 2.22. The van der Waals surface area contributed by atoms with Gasteiger partial charge < -0.3 is 9.47 Å². The van der Waals surface area contributed by atoms with Crippen LogP contribution in [0.5, 0.6) is 0 Å². The van der Waals surface area contributed by atoms with Gasteiger partial charge in [-0.3, -0.25) is 0 Å². The molecule has 0 amide bonds. The summed E-state index contributed by atoms with van der Waals surface area (Å²) in [5, 5.41) is 8.83. The molecule has 1 rings (SSSR count). The summed E-state index contributed by atoms with van der Waals surface area (Å²) < 4.78 is 10.0. The molecule has 1 aliphatic carbocycles. The number of rotatable bonds is 4. The van der Waals surface area contributed by atoms with E-state index in [2.05, 4.69) is 6.07 Å². The van der Waals surface area contributed by atoms with Crippen molar-refractivity contribution in [2.75, 3.05) is 13.2 Å². The van der Waals surface area contributed by atoms with Crippen molar-refractivity contribution in [3.63, 3.8) is 0 Å². The van der Waals surface area contributed by atoms with Gasteiger partial charge in [0.2, 0.25) is 0 Å². The van der Waals surface area contributed by atoms with E-state index in [1.54, 1.807) is 6.92 Å². The lowest BCUT2D eigenvalue weighted by molar-refractivity contribution is -0.147. The van der Waals surface area contributed by atoms with Gasteiger partial charge in [0.05, 0.1) is 18.2 Å². The number of ether oxygens (including phenoxy) is 2. The van der Waals surface area contributed by atoms with Crippen LogP contribution in [0.3, 0.4) is 0 Å². The first-order valence-corrected chi connectivity index (χ1v) is 5.18. The standard InChI is InChI=1S/C11H15NO3/c1-2-14-11(13)8-15-10-6-4-3-5-9(10)7-12/h2-6,8H2,1H3. The van der Waals surface area contributed by atoms with Gasteiger partial charge in [0.15, 0.2) is 6.61 Å². The lowest BCUT2D eigenvalue weighted by atomic mass is 9.99. The van der Waals surface area contributed by atoms with Crippen LogP contribution in [-0.2, 0) is 14.3 Å². The Morgan fingerprint density at radius 2 is 2.20 bits per heavy atom. The van der Waals surface area contributed by atoms with Gasteiger partial charge in [-0.05, 0) is 26.2 Å². The Morgan fingerprint density at radius 1 is 1.47 bits per heavy atom. The highest BCUT2D eigenvalue weighted by Crippen LogP contribution is 2.24. The van der Waals surface area contributed by atoms with Crippen molar-refractivity contribution in [3.8, 4) is 6.07 Å². The molecular formula is C11H15NO3. The molecule has 0 spiro atoms. The number of hydrogen-bond acceptors (Lipinski definition) is 4. The summed E-state index contributed by atoms with van der Waals surface area (Å²) in [6.45, 7) is 2.01. The number of hydrogen-bond donors (Lipinski definition) is 0. The Labute approximate surface area is 89.5 Å². The Kier molecular flexibility index (Phi) is 4.69. The molecule has 0 bridgehead atoms. The van der Waals surface area contributed by atoms with Crippen LogP contribution in [0.15, 0.2) is 11.3 Å². The van der Waals surface area contributed by atoms with Crippen LogP contribution < -0.4 is 0 Å². The maximum Gasteiger partial charge on any atom is 0.344 e. The van der Waals surface area contributed by atoms with Gasteiger partial charge in [-0.15, -0.1) is 0 Å². The van der Waals surface area contributed by atoms with E-state index >= 15 is 0 Å². The second kappa shape index (κ2) is 6.07. The highest BCUT2D eigenvalue weighted by molar-refractivity contribution is 5.70. The predicted octanol–water partition coefficient (Wildman–Crippen LogP) is 1.92. The SMILES string of the molecule is CCOC(=O)COC1=C(C#N)CCCC1. The molecule has 1 aliphatic rings. The van der Waals surface area contributed by atoms with E-state index in [-0.39, 0.29) is 12.6 Å². The number of allylic oxidation sites excluding steroid dienone is 2. The van der Waals surface area contributed by atoms with Crippen LogP contribution in [-0.4, -0.2) is 19.2 Å². The Bertz CT molecular complexity index is 301. The quantitative estimate of drug-likeness (QED) is 0.664. The first-order chi connectivity index (χ1) is 7.27. The summed E-state index contributed by atoms with van der Waals surface area (Å²) in [5.41, 5.74) is 0.672. The Balaban J connectivity index is 2.46. The average Bonchev–Trinajstić information content (AvgIpc) is 2.27. The lowest BCUT2D eigenvalue weighted by Crippen LogP contribution is -2.14. The number of esters is 1. The van der Waals surface area contributed by atoms with Crippen molar-refractivity contribution < 1.29 is 14.3 Å². The minimum Gasteiger partial charge on any atom is -0.485 e. The maximum atomic E-state index is 11.0. The zero-order valence-corrected chi connectivity index (χ0v) is 8.91. The van der Waals surface area contributed by atoms with Crippen LogP contribution in [0.4, 0.5) is 0 Å². The molecule has 0 heterocycles. The molecule has 0 aromatic carbocycles. The van der Waals surface area contributed by atoms with Gasteiger partial charge in [-0.1, -0.05) is 0 Å². The number of nitriles is 1. The zero-order chi connectivity index (χ0) is 11.1. The van der Waals surface area contributed by atoms with E-state index in [9.17, 15) is 4.79 Å². The summed E-state index contributed by atoms with van der Waals surface area (Å²) in [4.78, 5) is 11.0. The summed E-state index contributed by atoms with van der Waals surface area (Å²) >= 11 is 0. The van der Waals surface area contributed by atoms with Crippen LogP contribution >= 0.6 is 0 Å². The molecule has 4 heteroatoms. The topological polar surface area (TPSA) is 59.3 Å². The Hall–Kier alpha value is -1.50. The molecule has 0 aromatic heterocycles. The van der Waals surface area contributed by atoms with E-state index in [1.807, 2.05) is 0 Å². The molecule has 0 saturated heterocycles. The summed E-state index contributed by atoms with van der Waals surface area (Å²) in [7, 11) is 0. The Morgan fingerprint density at radius 3 is 2.87 bits per heavy atom. The van der Waals surface area contributed by atoms with E-state index in [0.717, 1.165) is 25.7 Å². The zero-order valence-electron chi connectivity index (χ0n) is 8.91. The lowest BCUT2D eigenvalue weighted by Gasteiger charge is -2.16. The minimum absolute atomic E-state index is 0.0889. The van der Waals surface area contributed by atoms with Crippen molar-refractivity contribution in [3.05, 3.63) is 11.3 Å². The average molecular weight is 209 g/mol. The molecule has 15 heavy (non-hydrogen) atoms. The van der Waals surface area contributed by atoms with Gasteiger partial charge in [0, 0.05) is 6.42 Å². The van der Waals surface area contributed by atoms with Crippen molar-refractivity contribution in [1.82, 2.24) is 0 Å². The number of carbonyl (C=O) groups excluding carboxylic acids is 1. The molecule has 0 atom stereocenters. The number of nitrogens with zero attached hydrogens (tertiary/aromatic N) is 1. The van der Waals surface area contributed by atoms with Crippen LogP contribution in [0.1, 0.15) is 32.6 Å². The second-order valence-corrected chi connectivity index (χ2v) is 3.31. The van der Waals surface area contributed by atoms with Crippen molar-refractivity contribution in [2.45, 2.75) is 32.6 Å². The van der Waals surface area contributed by atoms with Crippen LogP contribution in [0, 0.1) is 11.3 Å². The third-order valence-corrected chi connectivity index (χ3v) is 2.22. The summed E-state index contributed by atoms with van der Waals surface area (Å²) in [6.07, 6.45) is 3.55. The molecule has 0 N–H and O–H groups in total. The van der Waals surface area contributed by atoms with Gasteiger partial charge >= 0.3 is 5.97 Å². The molecule has 0 aliphatic heterocycles. The largest absolute Gasteiger partial charge is 0.485 e. The van der Waals surface area contributed by atoms with Crippen LogP contribution in [0.2, 0.25) is 0 Å². The smallest absolute Gasteiger partial charge is 0.344 e.